The summed E-state index contributed by atoms with van der Waals surface area (Å²) >= 11 is 0. The molecule has 0 spiro atoms. The van der Waals surface area contributed by atoms with Crippen LogP contribution in [0.5, 0.6) is 0 Å². The second-order valence-corrected chi connectivity index (χ2v) is 3.23. The lowest BCUT2D eigenvalue weighted by molar-refractivity contribution is 0.564. The number of rotatable bonds is 3. The Labute approximate surface area is 79.1 Å². The average molecular weight is 173 g/mol. The van der Waals surface area contributed by atoms with E-state index in [0.29, 0.717) is 5.92 Å². The molecule has 0 amide bonds. The minimum absolute atomic E-state index is 0.479. The fourth-order valence-corrected chi connectivity index (χ4v) is 1.31. The maximum absolute atomic E-state index is 10.0. The van der Waals surface area contributed by atoms with Gasteiger partial charge < -0.3 is 0 Å². The average Bonchev–Trinajstić information content (AvgIpc) is 2.15. The van der Waals surface area contributed by atoms with Crippen molar-refractivity contribution in [3.8, 4) is 0 Å². The predicted octanol–water partition coefficient (Wildman–Crippen LogP) is 2.93. The first-order valence-corrected chi connectivity index (χ1v) is 4.39. The van der Waals surface area contributed by atoms with Crippen molar-refractivity contribution in [3.63, 3.8) is 0 Å². The Hall–Kier alpha value is -1.37. The third kappa shape index (κ3) is 2.55. The summed E-state index contributed by atoms with van der Waals surface area (Å²) in [6.07, 6.45) is 4.95. The van der Waals surface area contributed by atoms with Crippen LogP contribution in [0.25, 0.3) is 6.08 Å². The van der Waals surface area contributed by atoms with Gasteiger partial charge in [-0.15, -0.1) is 0 Å². The highest BCUT2D eigenvalue weighted by atomic mass is 16.1. The van der Waals surface area contributed by atoms with E-state index in [0.717, 1.165) is 5.56 Å². The van der Waals surface area contributed by atoms with Crippen molar-refractivity contribution in [2.45, 2.75) is 19.8 Å². The predicted molar refractivity (Wildman–Crippen MR) is 55.3 cm³/mol. The molecule has 13 heavy (non-hydrogen) atoms. The van der Waals surface area contributed by atoms with Crippen LogP contribution in [-0.2, 0) is 4.79 Å². The minimum atomic E-state index is 0.479. The van der Waals surface area contributed by atoms with Gasteiger partial charge in [-0.2, -0.15) is 0 Å². The first-order valence-electron chi connectivity index (χ1n) is 4.39. The van der Waals surface area contributed by atoms with Crippen LogP contribution in [0.1, 0.15) is 30.9 Å². The first kappa shape index (κ1) is 9.72. The van der Waals surface area contributed by atoms with Crippen LogP contribution in [-0.4, -0.2) is 6.29 Å². The Morgan fingerprint density at radius 2 is 2.00 bits per heavy atom. The van der Waals surface area contributed by atoms with Crippen molar-refractivity contribution < 1.29 is 4.79 Å². The summed E-state index contributed by atoms with van der Waals surface area (Å²) < 4.78 is 0. The zero-order chi connectivity index (χ0) is 9.68. The number of hydrogen-bond donors (Lipinski definition) is 0. The van der Waals surface area contributed by atoms with Gasteiger partial charge in [0, 0.05) is 0 Å². The molecule has 0 aliphatic heterocycles. The molecule has 0 saturated heterocycles. The normalized spacial score (nSPS) is 11.0. The van der Waals surface area contributed by atoms with Gasteiger partial charge in [-0.3, -0.25) is 4.79 Å². The van der Waals surface area contributed by atoms with E-state index in [1.165, 1.54) is 11.6 Å². The van der Waals surface area contributed by atoms with Gasteiger partial charge in [-0.25, -0.2) is 0 Å². The molecule has 0 atom stereocenters. The molecule has 0 N–H and O–H groups in total. The lowest BCUT2D eigenvalue weighted by atomic mass is 9.97. The third-order valence-corrected chi connectivity index (χ3v) is 1.95. The van der Waals surface area contributed by atoms with Gasteiger partial charge in [-0.1, -0.05) is 44.2 Å². The Morgan fingerprint density at radius 3 is 2.62 bits per heavy atom. The molecule has 0 unspecified atom stereocenters. The van der Waals surface area contributed by atoms with Crippen molar-refractivity contribution in [2.75, 3.05) is 0 Å². The van der Waals surface area contributed by atoms with E-state index in [2.05, 4.69) is 19.9 Å². The lowest BCUT2D eigenvalue weighted by Gasteiger charge is -2.08. The van der Waals surface area contributed by atoms with E-state index in [1.54, 1.807) is 12.4 Å². The molecule has 1 radical (unpaired) electrons. The molecule has 0 fully saturated rings. The van der Waals surface area contributed by atoms with Crippen molar-refractivity contribution in [1.29, 1.82) is 0 Å². The number of carbonyl (C=O) groups excluding carboxylic acids is 1. The van der Waals surface area contributed by atoms with E-state index < -0.39 is 0 Å². The molecular weight excluding hydrogens is 160 g/mol. The van der Waals surface area contributed by atoms with Crippen LogP contribution in [0.15, 0.2) is 30.3 Å². The van der Waals surface area contributed by atoms with E-state index in [-0.39, 0.29) is 0 Å². The third-order valence-electron chi connectivity index (χ3n) is 1.95. The summed E-state index contributed by atoms with van der Waals surface area (Å²) in [5.41, 5.74) is 2.36. The van der Waals surface area contributed by atoms with Crippen molar-refractivity contribution in [2.24, 2.45) is 0 Å². The summed E-state index contributed by atoms with van der Waals surface area (Å²) in [7, 11) is 0. The highest BCUT2D eigenvalue weighted by Gasteiger charge is 2.01. The topological polar surface area (TPSA) is 17.1 Å². The van der Waals surface area contributed by atoms with E-state index in [4.69, 9.17) is 0 Å². The highest BCUT2D eigenvalue weighted by Crippen LogP contribution is 2.19. The van der Waals surface area contributed by atoms with Crippen molar-refractivity contribution in [3.05, 3.63) is 41.5 Å². The first-order chi connectivity index (χ1) is 6.25. The molecule has 1 aromatic carbocycles. The molecule has 1 nitrogen and oxygen atoms in total. The Morgan fingerprint density at radius 1 is 1.31 bits per heavy atom. The van der Waals surface area contributed by atoms with Gasteiger partial charge in [0.15, 0.2) is 0 Å². The van der Waals surface area contributed by atoms with E-state index in [1.807, 2.05) is 18.2 Å². The van der Waals surface area contributed by atoms with Crippen LogP contribution in [0, 0.1) is 0 Å². The monoisotopic (exact) mass is 173 g/mol. The van der Waals surface area contributed by atoms with Crippen LogP contribution in [0.2, 0.25) is 0 Å². The summed E-state index contributed by atoms with van der Waals surface area (Å²) in [6.45, 7) is 4.27. The maximum Gasteiger partial charge on any atom is 0.225 e. The van der Waals surface area contributed by atoms with Crippen LogP contribution in [0.3, 0.4) is 0 Å². The SMILES string of the molecule is CC(C)c1ccccc1/C=C/[C]=O. The van der Waals surface area contributed by atoms with Crippen molar-refractivity contribution >= 4 is 12.4 Å². The molecule has 0 heterocycles. The number of allylic oxidation sites excluding steroid dienone is 1. The summed E-state index contributed by atoms with van der Waals surface area (Å²) in [4.78, 5) is 10.0. The molecule has 0 aliphatic rings. The van der Waals surface area contributed by atoms with Crippen molar-refractivity contribution in [1.82, 2.24) is 0 Å². The van der Waals surface area contributed by atoms with Gasteiger partial charge in [0.1, 0.15) is 0 Å². The summed E-state index contributed by atoms with van der Waals surface area (Å²) in [5, 5.41) is 0. The Balaban J connectivity index is 3.04. The highest BCUT2D eigenvalue weighted by molar-refractivity contribution is 5.75. The molecule has 1 heteroatoms. The summed E-state index contributed by atoms with van der Waals surface area (Å²) in [5.74, 6) is 0.479. The molecule has 0 saturated carbocycles. The van der Waals surface area contributed by atoms with E-state index in [9.17, 15) is 4.79 Å². The Kier molecular flexibility index (Phi) is 3.44. The van der Waals surface area contributed by atoms with Crippen LogP contribution in [0.4, 0.5) is 0 Å². The van der Waals surface area contributed by atoms with Crippen LogP contribution < -0.4 is 0 Å². The van der Waals surface area contributed by atoms with E-state index >= 15 is 0 Å². The van der Waals surface area contributed by atoms with Gasteiger partial charge >= 0.3 is 0 Å². The standard InChI is InChI=1S/C12H13O/c1-10(2)12-8-4-3-6-11(12)7-5-9-13/h3-8,10H,1-2H3/b7-5+. The maximum atomic E-state index is 10.0. The zero-order valence-corrected chi connectivity index (χ0v) is 7.95. The van der Waals surface area contributed by atoms with Crippen LogP contribution >= 0.6 is 0 Å². The number of benzene rings is 1. The molecule has 0 aliphatic carbocycles. The molecule has 0 aromatic heterocycles. The molecule has 0 bridgehead atoms. The smallest absolute Gasteiger partial charge is 0.225 e. The Bertz CT molecular complexity index is 311. The second kappa shape index (κ2) is 4.61. The minimum Gasteiger partial charge on any atom is -0.286 e. The van der Waals surface area contributed by atoms with Gasteiger partial charge in [0.25, 0.3) is 0 Å². The second-order valence-electron chi connectivity index (χ2n) is 3.23. The molecule has 1 aromatic rings. The zero-order valence-electron chi connectivity index (χ0n) is 7.95. The summed E-state index contributed by atoms with van der Waals surface area (Å²) in [6, 6.07) is 8.06. The van der Waals surface area contributed by atoms with Gasteiger partial charge in [0.2, 0.25) is 6.29 Å². The largest absolute Gasteiger partial charge is 0.286 e. The molecular formula is C12H13O. The molecule has 1 rings (SSSR count). The molecule has 67 valence electrons. The van der Waals surface area contributed by atoms with Gasteiger partial charge in [-0.05, 0) is 23.1 Å². The fourth-order valence-electron chi connectivity index (χ4n) is 1.31. The number of hydrogen-bond acceptors (Lipinski definition) is 1. The fraction of sp³-hybridized carbons (Fsp3) is 0.250. The van der Waals surface area contributed by atoms with Gasteiger partial charge in [0.05, 0.1) is 0 Å². The quantitative estimate of drug-likeness (QED) is 0.642. The lowest BCUT2D eigenvalue weighted by Crippen LogP contribution is -1.90.